The largest absolute Gasteiger partial charge is 0.467 e. The Hall–Kier alpha value is -1.59. The zero-order chi connectivity index (χ0) is 11.4. The molecule has 2 rings (SSSR count). The predicted octanol–water partition coefficient (Wildman–Crippen LogP) is 0.879. The summed E-state index contributed by atoms with van der Waals surface area (Å²) >= 11 is 0. The summed E-state index contributed by atoms with van der Waals surface area (Å²) in [4.78, 5) is 14.6. The van der Waals surface area contributed by atoms with Gasteiger partial charge in [0.15, 0.2) is 0 Å². The van der Waals surface area contributed by atoms with Crippen molar-refractivity contribution >= 4 is 5.95 Å². The molecule has 1 aromatic heterocycles. The first kappa shape index (κ1) is 10.9. The molecule has 2 heterocycles. The number of nitrogens with zero attached hydrogens (tertiary/aromatic N) is 4. The number of methoxy groups -OCH3 is 2. The summed E-state index contributed by atoms with van der Waals surface area (Å²) in [6.45, 7) is 1.96. The monoisotopic (exact) mass is 224 g/mol. The van der Waals surface area contributed by atoms with E-state index in [1.54, 1.807) is 0 Å². The summed E-state index contributed by atoms with van der Waals surface area (Å²) in [5.74, 6) is 0.642. The minimum atomic E-state index is 0.299. The van der Waals surface area contributed by atoms with Crippen molar-refractivity contribution in [2.24, 2.45) is 0 Å². The summed E-state index contributed by atoms with van der Waals surface area (Å²) in [5, 5.41) is 0. The Kier molecular flexibility index (Phi) is 3.38. The highest BCUT2D eigenvalue weighted by atomic mass is 16.5. The van der Waals surface area contributed by atoms with E-state index in [-0.39, 0.29) is 0 Å². The first-order valence-corrected chi connectivity index (χ1v) is 5.42. The Balaban J connectivity index is 2.24. The summed E-state index contributed by atoms with van der Waals surface area (Å²) in [7, 11) is 3.07. The Morgan fingerprint density at radius 3 is 1.94 bits per heavy atom. The van der Waals surface area contributed by atoms with Crippen LogP contribution in [0.3, 0.4) is 0 Å². The van der Waals surface area contributed by atoms with Crippen LogP contribution < -0.4 is 14.4 Å². The van der Waals surface area contributed by atoms with Crippen molar-refractivity contribution in [3.8, 4) is 12.0 Å². The molecule has 1 aliphatic rings. The molecule has 0 N–H and O–H groups in total. The molecule has 0 unspecified atom stereocenters. The van der Waals surface area contributed by atoms with Crippen molar-refractivity contribution in [2.45, 2.75) is 19.3 Å². The van der Waals surface area contributed by atoms with Crippen molar-refractivity contribution in [1.29, 1.82) is 0 Å². The van der Waals surface area contributed by atoms with Crippen LogP contribution in [0.1, 0.15) is 19.3 Å². The van der Waals surface area contributed by atoms with Crippen LogP contribution in [-0.4, -0.2) is 42.3 Å². The van der Waals surface area contributed by atoms with Crippen LogP contribution in [0.15, 0.2) is 0 Å². The smallest absolute Gasteiger partial charge is 0.324 e. The molecule has 6 heteroatoms. The molecule has 0 radical (unpaired) electrons. The lowest BCUT2D eigenvalue weighted by Gasteiger charge is -2.26. The molecule has 16 heavy (non-hydrogen) atoms. The van der Waals surface area contributed by atoms with Crippen molar-refractivity contribution in [1.82, 2.24) is 15.0 Å². The Labute approximate surface area is 94.6 Å². The first-order chi connectivity index (χ1) is 7.83. The molecule has 0 amide bonds. The highest BCUT2D eigenvalue weighted by Crippen LogP contribution is 2.19. The Morgan fingerprint density at radius 2 is 1.44 bits per heavy atom. The van der Waals surface area contributed by atoms with E-state index in [4.69, 9.17) is 9.47 Å². The molecule has 1 aliphatic heterocycles. The van der Waals surface area contributed by atoms with Gasteiger partial charge in [0, 0.05) is 13.1 Å². The zero-order valence-electron chi connectivity index (χ0n) is 9.64. The van der Waals surface area contributed by atoms with Gasteiger partial charge >= 0.3 is 12.0 Å². The van der Waals surface area contributed by atoms with E-state index in [0.29, 0.717) is 18.0 Å². The van der Waals surface area contributed by atoms with E-state index in [0.717, 1.165) is 13.1 Å². The maximum atomic E-state index is 5.02. The van der Waals surface area contributed by atoms with E-state index in [2.05, 4.69) is 19.9 Å². The second-order valence-electron chi connectivity index (χ2n) is 3.66. The van der Waals surface area contributed by atoms with E-state index in [1.807, 2.05) is 0 Å². The van der Waals surface area contributed by atoms with Crippen molar-refractivity contribution in [2.75, 3.05) is 32.2 Å². The van der Waals surface area contributed by atoms with E-state index >= 15 is 0 Å². The molecule has 0 spiro atoms. The summed E-state index contributed by atoms with van der Waals surface area (Å²) in [6.07, 6.45) is 3.63. The van der Waals surface area contributed by atoms with Gasteiger partial charge in [-0.2, -0.15) is 9.97 Å². The third kappa shape index (κ3) is 2.32. The van der Waals surface area contributed by atoms with Gasteiger partial charge < -0.3 is 14.4 Å². The third-order valence-corrected chi connectivity index (χ3v) is 2.59. The lowest BCUT2D eigenvalue weighted by atomic mass is 10.1. The highest BCUT2D eigenvalue weighted by molar-refractivity contribution is 5.32. The van der Waals surface area contributed by atoms with Gasteiger partial charge in [-0.25, -0.2) is 0 Å². The SMILES string of the molecule is COc1nc(OC)nc(N2CCCCC2)n1. The minimum absolute atomic E-state index is 0.299. The zero-order valence-corrected chi connectivity index (χ0v) is 9.64. The first-order valence-electron chi connectivity index (χ1n) is 5.42. The maximum absolute atomic E-state index is 5.02. The topological polar surface area (TPSA) is 60.4 Å². The molecule has 0 bridgehead atoms. The fourth-order valence-corrected chi connectivity index (χ4v) is 1.75. The Bertz CT molecular complexity index is 330. The number of hydrogen-bond donors (Lipinski definition) is 0. The Morgan fingerprint density at radius 1 is 0.875 bits per heavy atom. The highest BCUT2D eigenvalue weighted by Gasteiger charge is 2.16. The fourth-order valence-electron chi connectivity index (χ4n) is 1.75. The van der Waals surface area contributed by atoms with E-state index in [9.17, 15) is 0 Å². The van der Waals surface area contributed by atoms with Gasteiger partial charge in [-0.15, -0.1) is 4.98 Å². The quantitative estimate of drug-likeness (QED) is 0.759. The van der Waals surface area contributed by atoms with Gasteiger partial charge in [0.1, 0.15) is 0 Å². The molecule has 1 aromatic rings. The minimum Gasteiger partial charge on any atom is -0.467 e. The van der Waals surface area contributed by atoms with Crippen molar-refractivity contribution in [3.63, 3.8) is 0 Å². The number of hydrogen-bond acceptors (Lipinski definition) is 6. The van der Waals surface area contributed by atoms with Crippen molar-refractivity contribution in [3.05, 3.63) is 0 Å². The maximum Gasteiger partial charge on any atom is 0.324 e. The van der Waals surface area contributed by atoms with Crippen LogP contribution in [0.5, 0.6) is 12.0 Å². The number of aromatic nitrogens is 3. The average Bonchev–Trinajstić information content (AvgIpc) is 2.39. The van der Waals surface area contributed by atoms with Crippen LogP contribution in [0.2, 0.25) is 0 Å². The van der Waals surface area contributed by atoms with Crippen LogP contribution in [0, 0.1) is 0 Å². The van der Waals surface area contributed by atoms with Gasteiger partial charge in [-0.05, 0) is 19.3 Å². The van der Waals surface area contributed by atoms with E-state index < -0.39 is 0 Å². The molecule has 1 fully saturated rings. The number of anilines is 1. The predicted molar refractivity (Wildman–Crippen MR) is 59.0 cm³/mol. The number of piperidine rings is 1. The average molecular weight is 224 g/mol. The third-order valence-electron chi connectivity index (χ3n) is 2.59. The van der Waals surface area contributed by atoms with E-state index in [1.165, 1.54) is 33.5 Å². The van der Waals surface area contributed by atoms with Gasteiger partial charge in [0.05, 0.1) is 14.2 Å². The molecule has 0 aliphatic carbocycles. The molecule has 88 valence electrons. The van der Waals surface area contributed by atoms with Gasteiger partial charge in [-0.3, -0.25) is 0 Å². The van der Waals surface area contributed by atoms with Crippen LogP contribution in [0.25, 0.3) is 0 Å². The molecule has 0 atom stereocenters. The molecular formula is C10H16N4O2. The summed E-state index contributed by atoms with van der Waals surface area (Å²) in [6, 6.07) is 0.597. The van der Waals surface area contributed by atoms with Gasteiger partial charge in [0.2, 0.25) is 5.95 Å². The second kappa shape index (κ2) is 4.96. The van der Waals surface area contributed by atoms with Crippen LogP contribution >= 0.6 is 0 Å². The summed E-state index contributed by atoms with van der Waals surface area (Å²) < 4.78 is 10.0. The molecule has 0 aromatic carbocycles. The number of ether oxygens (including phenoxy) is 2. The molecule has 1 saturated heterocycles. The van der Waals surface area contributed by atoms with Crippen molar-refractivity contribution < 1.29 is 9.47 Å². The van der Waals surface area contributed by atoms with Crippen LogP contribution in [0.4, 0.5) is 5.95 Å². The van der Waals surface area contributed by atoms with Gasteiger partial charge in [0.25, 0.3) is 0 Å². The van der Waals surface area contributed by atoms with Gasteiger partial charge in [-0.1, -0.05) is 0 Å². The summed E-state index contributed by atoms with van der Waals surface area (Å²) in [5.41, 5.74) is 0. The number of rotatable bonds is 3. The molecular weight excluding hydrogens is 208 g/mol. The standard InChI is InChI=1S/C10H16N4O2/c1-15-9-11-8(12-10(13-9)16-2)14-6-4-3-5-7-14/h3-7H2,1-2H3. The molecule has 0 saturated carbocycles. The normalized spacial score (nSPS) is 16.0. The lowest BCUT2D eigenvalue weighted by Crippen LogP contribution is -2.31. The second-order valence-corrected chi connectivity index (χ2v) is 3.66. The van der Waals surface area contributed by atoms with Crippen LogP contribution in [-0.2, 0) is 0 Å². The fraction of sp³-hybridized carbons (Fsp3) is 0.700. The lowest BCUT2D eigenvalue weighted by molar-refractivity contribution is 0.339. The molecule has 6 nitrogen and oxygen atoms in total.